The van der Waals surface area contributed by atoms with Gasteiger partial charge in [0.1, 0.15) is 11.9 Å². The molecule has 2 atom stereocenters. The predicted octanol–water partition coefficient (Wildman–Crippen LogP) is 2.34. The van der Waals surface area contributed by atoms with Crippen molar-refractivity contribution in [2.45, 2.75) is 26.3 Å². The number of methoxy groups -OCH3 is 1. The van der Waals surface area contributed by atoms with Crippen LogP contribution in [0.3, 0.4) is 0 Å². The maximum absolute atomic E-state index is 12.9. The zero-order valence-corrected chi connectivity index (χ0v) is 14.4. The molecule has 0 saturated heterocycles. The van der Waals surface area contributed by atoms with E-state index in [0.29, 0.717) is 6.42 Å². The molecule has 0 spiro atoms. The molecule has 132 valence electrons. The van der Waals surface area contributed by atoms with Crippen molar-refractivity contribution in [2.75, 3.05) is 13.7 Å². The van der Waals surface area contributed by atoms with Gasteiger partial charge in [0, 0.05) is 0 Å². The van der Waals surface area contributed by atoms with E-state index >= 15 is 0 Å². The highest BCUT2D eigenvalue weighted by molar-refractivity contribution is 6.33. The van der Waals surface area contributed by atoms with Crippen molar-refractivity contribution < 1.29 is 28.2 Å². The van der Waals surface area contributed by atoms with Gasteiger partial charge in [-0.05, 0) is 24.1 Å². The van der Waals surface area contributed by atoms with Crippen molar-refractivity contribution in [3.8, 4) is 0 Å². The van der Waals surface area contributed by atoms with Crippen LogP contribution in [-0.4, -0.2) is 37.6 Å². The van der Waals surface area contributed by atoms with Crippen LogP contribution >= 0.6 is 11.6 Å². The minimum Gasteiger partial charge on any atom is -0.467 e. The Morgan fingerprint density at radius 2 is 2.00 bits per heavy atom. The number of hydrogen-bond acceptors (Lipinski definition) is 5. The van der Waals surface area contributed by atoms with Crippen LogP contribution in [0.4, 0.5) is 4.39 Å². The van der Waals surface area contributed by atoms with E-state index in [0.717, 1.165) is 18.2 Å². The van der Waals surface area contributed by atoms with Gasteiger partial charge in [-0.3, -0.25) is 4.79 Å². The highest BCUT2D eigenvalue weighted by Gasteiger charge is 2.27. The largest absolute Gasteiger partial charge is 0.467 e. The third kappa shape index (κ3) is 5.49. The Morgan fingerprint density at radius 1 is 1.33 bits per heavy atom. The number of hydrogen-bond donors (Lipinski definition) is 1. The van der Waals surface area contributed by atoms with E-state index in [-0.39, 0.29) is 16.5 Å². The summed E-state index contributed by atoms with van der Waals surface area (Å²) in [6, 6.07) is 2.35. The minimum atomic E-state index is -0.867. The van der Waals surface area contributed by atoms with Crippen LogP contribution in [0, 0.1) is 11.7 Å². The van der Waals surface area contributed by atoms with Crippen LogP contribution in [0.15, 0.2) is 18.2 Å². The molecule has 1 N–H and O–H groups in total. The summed E-state index contributed by atoms with van der Waals surface area (Å²) in [7, 11) is 1.22. The van der Waals surface area contributed by atoms with E-state index in [1.54, 1.807) is 6.92 Å². The standard InChI is InChI=1S/C16H19ClFNO5/c1-4-9(2)14(16(22)23-3)19-13(20)8-24-15(21)11-6-5-10(18)7-12(11)17/h5-7,9,14H,4,8H2,1-3H3,(H,19,20). The molecule has 2 unspecified atom stereocenters. The van der Waals surface area contributed by atoms with Gasteiger partial charge in [0.05, 0.1) is 17.7 Å². The molecule has 1 aromatic rings. The molecule has 0 aromatic heterocycles. The number of rotatable bonds is 7. The lowest BCUT2D eigenvalue weighted by Crippen LogP contribution is -2.47. The first-order chi connectivity index (χ1) is 11.3. The fourth-order valence-electron chi connectivity index (χ4n) is 1.88. The summed E-state index contributed by atoms with van der Waals surface area (Å²) in [6.07, 6.45) is 0.644. The SMILES string of the molecule is CCC(C)C(NC(=O)COC(=O)c1ccc(F)cc1Cl)C(=O)OC. The second-order valence-corrected chi connectivity index (χ2v) is 5.56. The summed E-state index contributed by atoms with van der Waals surface area (Å²) in [5.74, 6) is -2.84. The van der Waals surface area contributed by atoms with E-state index < -0.39 is 36.3 Å². The summed E-state index contributed by atoms with van der Waals surface area (Å²) in [5, 5.41) is 2.35. The maximum Gasteiger partial charge on any atom is 0.340 e. The summed E-state index contributed by atoms with van der Waals surface area (Å²) in [4.78, 5) is 35.4. The number of ether oxygens (including phenoxy) is 2. The van der Waals surface area contributed by atoms with Crippen molar-refractivity contribution in [1.29, 1.82) is 0 Å². The number of amides is 1. The maximum atomic E-state index is 12.9. The Labute approximate surface area is 144 Å². The molecule has 0 heterocycles. The van der Waals surface area contributed by atoms with E-state index in [2.05, 4.69) is 10.1 Å². The van der Waals surface area contributed by atoms with Gasteiger partial charge in [-0.2, -0.15) is 0 Å². The topological polar surface area (TPSA) is 81.7 Å². The lowest BCUT2D eigenvalue weighted by molar-refractivity contribution is -0.147. The van der Waals surface area contributed by atoms with Crippen molar-refractivity contribution in [3.63, 3.8) is 0 Å². The first kappa shape index (κ1) is 19.9. The Hall–Kier alpha value is -2.15. The Kier molecular flexibility index (Phi) is 7.64. The minimum absolute atomic E-state index is 0.0580. The van der Waals surface area contributed by atoms with Gasteiger partial charge < -0.3 is 14.8 Å². The molecule has 0 aliphatic carbocycles. The number of halogens is 2. The van der Waals surface area contributed by atoms with Crippen LogP contribution in [0.25, 0.3) is 0 Å². The highest BCUT2D eigenvalue weighted by atomic mass is 35.5. The molecule has 0 bridgehead atoms. The summed E-state index contributed by atoms with van der Waals surface area (Å²) < 4.78 is 22.4. The zero-order chi connectivity index (χ0) is 18.3. The molecular weight excluding hydrogens is 341 g/mol. The number of esters is 2. The Balaban J connectivity index is 2.64. The molecule has 24 heavy (non-hydrogen) atoms. The number of nitrogens with one attached hydrogen (secondary N) is 1. The third-order valence-corrected chi connectivity index (χ3v) is 3.78. The zero-order valence-electron chi connectivity index (χ0n) is 13.6. The molecule has 0 radical (unpaired) electrons. The molecular formula is C16H19ClFNO5. The predicted molar refractivity (Wildman–Crippen MR) is 85.1 cm³/mol. The number of benzene rings is 1. The quantitative estimate of drug-likeness (QED) is 0.756. The molecule has 0 aliphatic heterocycles. The highest BCUT2D eigenvalue weighted by Crippen LogP contribution is 2.18. The van der Waals surface area contributed by atoms with Gasteiger partial charge in [-0.1, -0.05) is 31.9 Å². The summed E-state index contributed by atoms with van der Waals surface area (Å²) >= 11 is 5.74. The smallest absolute Gasteiger partial charge is 0.340 e. The van der Waals surface area contributed by atoms with E-state index in [4.69, 9.17) is 16.3 Å². The molecule has 0 aliphatic rings. The molecule has 8 heteroatoms. The van der Waals surface area contributed by atoms with Crippen LogP contribution in [0.5, 0.6) is 0 Å². The van der Waals surface area contributed by atoms with Crippen LogP contribution in [-0.2, 0) is 19.1 Å². The lowest BCUT2D eigenvalue weighted by atomic mass is 9.99. The summed E-state index contributed by atoms with van der Waals surface area (Å²) in [6.45, 7) is 3.05. The average molecular weight is 360 g/mol. The van der Waals surface area contributed by atoms with E-state index in [9.17, 15) is 18.8 Å². The number of carbonyl (C=O) groups excluding carboxylic acids is 3. The van der Waals surface area contributed by atoms with Crippen molar-refractivity contribution >= 4 is 29.4 Å². The fraction of sp³-hybridized carbons (Fsp3) is 0.438. The van der Waals surface area contributed by atoms with Gasteiger partial charge in [0.2, 0.25) is 0 Å². The van der Waals surface area contributed by atoms with Gasteiger partial charge in [0.15, 0.2) is 6.61 Å². The molecule has 0 fully saturated rings. The van der Waals surface area contributed by atoms with Crippen molar-refractivity contribution in [1.82, 2.24) is 5.32 Å². The molecule has 1 aromatic carbocycles. The van der Waals surface area contributed by atoms with Gasteiger partial charge in [-0.15, -0.1) is 0 Å². The first-order valence-electron chi connectivity index (χ1n) is 7.29. The van der Waals surface area contributed by atoms with E-state index in [1.807, 2.05) is 6.92 Å². The molecule has 0 saturated carbocycles. The average Bonchev–Trinajstić information content (AvgIpc) is 2.56. The van der Waals surface area contributed by atoms with Gasteiger partial charge in [-0.25, -0.2) is 14.0 Å². The molecule has 6 nitrogen and oxygen atoms in total. The number of carbonyl (C=O) groups is 3. The normalized spacial score (nSPS) is 12.9. The van der Waals surface area contributed by atoms with Crippen LogP contribution < -0.4 is 5.32 Å². The third-order valence-electron chi connectivity index (χ3n) is 3.47. The van der Waals surface area contributed by atoms with Crippen molar-refractivity contribution in [2.24, 2.45) is 5.92 Å². The Bertz CT molecular complexity index is 622. The summed E-state index contributed by atoms with van der Waals surface area (Å²) in [5.41, 5.74) is -0.0580. The monoisotopic (exact) mass is 359 g/mol. The molecule has 1 amide bonds. The fourth-order valence-corrected chi connectivity index (χ4v) is 2.12. The first-order valence-corrected chi connectivity index (χ1v) is 7.67. The van der Waals surface area contributed by atoms with Crippen molar-refractivity contribution in [3.05, 3.63) is 34.6 Å². The van der Waals surface area contributed by atoms with Gasteiger partial charge in [0.25, 0.3) is 5.91 Å². The molecule has 1 rings (SSSR count). The van der Waals surface area contributed by atoms with Crippen LogP contribution in [0.2, 0.25) is 5.02 Å². The van der Waals surface area contributed by atoms with Crippen LogP contribution in [0.1, 0.15) is 30.6 Å². The second-order valence-electron chi connectivity index (χ2n) is 5.15. The van der Waals surface area contributed by atoms with Gasteiger partial charge >= 0.3 is 11.9 Å². The van der Waals surface area contributed by atoms with E-state index in [1.165, 1.54) is 7.11 Å². The Morgan fingerprint density at radius 3 is 2.54 bits per heavy atom. The lowest BCUT2D eigenvalue weighted by Gasteiger charge is -2.21. The second kappa shape index (κ2) is 9.22.